The van der Waals surface area contributed by atoms with Gasteiger partial charge in [0.05, 0.1) is 35.0 Å². The number of aromatic nitrogens is 1. The number of benzene rings is 2. The van der Waals surface area contributed by atoms with Crippen LogP contribution < -0.4 is 10.6 Å². The Morgan fingerprint density at radius 3 is 2.54 bits per heavy atom. The van der Waals surface area contributed by atoms with Crippen LogP contribution in [-0.4, -0.2) is 69.5 Å². The Hall–Kier alpha value is -3.15. The number of fused-ring (bicyclic) bond motifs is 1. The number of H-pyrrole nitrogens is 1. The van der Waals surface area contributed by atoms with Crippen molar-refractivity contribution in [3.05, 3.63) is 80.1 Å². The van der Waals surface area contributed by atoms with Crippen LogP contribution in [0.3, 0.4) is 0 Å². The molecule has 216 valence electrons. The molecule has 1 saturated heterocycles. The first kappa shape index (κ1) is 29.3. The molecule has 3 N–H and O–H groups in total. The predicted octanol–water partition coefficient (Wildman–Crippen LogP) is 4.47. The van der Waals surface area contributed by atoms with Crippen molar-refractivity contribution in [2.75, 3.05) is 44.7 Å². The number of rotatable bonds is 8. The number of nitrogens with zero attached hydrogens (tertiary/aromatic N) is 1. The molecule has 41 heavy (non-hydrogen) atoms. The van der Waals surface area contributed by atoms with Gasteiger partial charge in [0.1, 0.15) is 0 Å². The number of sulfone groups is 1. The van der Waals surface area contributed by atoms with Crippen molar-refractivity contribution >= 4 is 62.2 Å². The van der Waals surface area contributed by atoms with Crippen LogP contribution in [0.5, 0.6) is 0 Å². The molecule has 0 radical (unpaired) electrons. The maximum Gasteiger partial charge on any atom is 0.256 e. The van der Waals surface area contributed by atoms with E-state index in [2.05, 4.69) is 20.5 Å². The Kier molecular flexibility index (Phi) is 8.58. The SMILES string of the molecule is Cc1[nH]c(/C=C2\C(=O)Nc3ccc(S(=O)(=O)Cc4c(Cl)cccc4Cl)cc32)c(C)c1C(=O)NCCN1CCOCC1. The monoisotopic (exact) mass is 616 g/mol. The van der Waals surface area contributed by atoms with Crippen molar-refractivity contribution in [2.24, 2.45) is 0 Å². The molecule has 3 aromatic rings. The first-order valence-electron chi connectivity index (χ1n) is 13.2. The fourth-order valence-electron chi connectivity index (χ4n) is 5.09. The molecule has 0 unspecified atom stereocenters. The lowest BCUT2D eigenvalue weighted by molar-refractivity contribution is -0.110. The summed E-state index contributed by atoms with van der Waals surface area (Å²) in [5.41, 5.74) is 4.02. The van der Waals surface area contributed by atoms with E-state index in [4.69, 9.17) is 27.9 Å². The number of aromatic amines is 1. The third-order valence-electron chi connectivity index (χ3n) is 7.34. The average molecular weight is 618 g/mol. The van der Waals surface area contributed by atoms with E-state index in [9.17, 15) is 18.0 Å². The van der Waals surface area contributed by atoms with E-state index in [-0.39, 0.29) is 38.1 Å². The standard InChI is InChI=1S/C29H30Cl2N4O5S/c1-17-26(33-18(2)27(17)29(37)32-8-9-35-10-12-40-13-11-35)15-21-20-14-19(6-7-25(20)34-28(21)36)41(38,39)16-22-23(30)4-3-5-24(22)31/h3-7,14-15,33H,8-13,16H2,1-2H3,(H,32,37)(H,34,36)/b21-15-. The predicted molar refractivity (Wildman–Crippen MR) is 160 cm³/mol. The summed E-state index contributed by atoms with van der Waals surface area (Å²) in [5, 5.41) is 6.29. The van der Waals surface area contributed by atoms with Crippen LogP contribution in [0.4, 0.5) is 5.69 Å². The van der Waals surface area contributed by atoms with Crippen molar-refractivity contribution in [3.8, 4) is 0 Å². The van der Waals surface area contributed by atoms with Crippen LogP contribution in [0.1, 0.15) is 38.4 Å². The summed E-state index contributed by atoms with van der Waals surface area (Å²) >= 11 is 12.4. The molecule has 0 aliphatic carbocycles. The Balaban J connectivity index is 1.39. The molecule has 0 spiro atoms. The molecular weight excluding hydrogens is 587 g/mol. The summed E-state index contributed by atoms with van der Waals surface area (Å²) in [6, 6.07) is 9.31. The van der Waals surface area contributed by atoms with Gasteiger partial charge in [-0.05, 0) is 55.8 Å². The van der Waals surface area contributed by atoms with Gasteiger partial charge in [-0.25, -0.2) is 8.42 Å². The van der Waals surface area contributed by atoms with Gasteiger partial charge in [0.2, 0.25) is 0 Å². The molecule has 0 bridgehead atoms. The zero-order valence-corrected chi connectivity index (χ0v) is 25.0. The Labute approximate surface area is 248 Å². The van der Waals surface area contributed by atoms with Gasteiger partial charge in [-0.2, -0.15) is 0 Å². The first-order valence-corrected chi connectivity index (χ1v) is 15.6. The number of hydrogen-bond donors (Lipinski definition) is 3. The van der Waals surface area contributed by atoms with Gasteiger partial charge in [-0.3, -0.25) is 14.5 Å². The van der Waals surface area contributed by atoms with Crippen LogP contribution in [0.25, 0.3) is 11.6 Å². The minimum absolute atomic E-state index is 0.0364. The van der Waals surface area contributed by atoms with E-state index in [0.717, 1.165) is 19.6 Å². The summed E-state index contributed by atoms with van der Waals surface area (Å²) in [5.74, 6) is -0.951. The largest absolute Gasteiger partial charge is 0.379 e. The highest BCUT2D eigenvalue weighted by Gasteiger charge is 2.28. The van der Waals surface area contributed by atoms with Crippen molar-refractivity contribution in [1.82, 2.24) is 15.2 Å². The van der Waals surface area contributed by atoms with Gasteiger partial charge in [0.15, 0.2) is 9.84 Å². The molecule has 9 nitrogen and oxygen atoms in total. The summed E-state index contributed by atoms with van der Waals surface area (Å²) in [6.07, 6.45) is 1.65. The van der Waals surface area contributed by atoms with E-state index in [1.165, 1.54) is 12.1 Å². The lowest BCUT2D eigenvalue weighted by Crippen LogP contribution is -2.41. The average Bonchev–Trinajstić information content (AvgIpc) is 3.40. The summed E-state index contributed by atoms with van der Waals surface area (Å²) in [7, 11) is -3.84. The highest BCUT2D eigenvalue weighted by molar-refractivity contribution is 7.90. The van der Waals surface area contributed by atoms with Crippen molar-refractivity contribution in [3.63, 3.8) is 0 Å². The minimum atomic E-state index is -3.84. The van der Waals surface area contributed by atoms with Gasteiger partial charge in [-0.15, -0.1) is 0 Å². The molecule has 1 aromatic heterocycles. The molecule has 1 fully saturated rings. The fraction of sp³-hybridized carbons (Fsp3) is 0.310. The van der Waals surface area contributed by atoms with Crippen LogP contribution in [-0.2, 0) is 25.1 Å². The van der Waals surface area contributed by atoms with Crippen LogP contribution >= 0.6 is 23.2 Å². The van der Waals surface area contributed by atoms with E-state index in [1.54, 1.807) is 37.3 Å². The Morgan fingerprint density at radius 2 is 1.83 bits per heavy atom. The van der Waals surface area contributed by atoms with E-state index in [1.807, 2.05) is 6.92 Å². The topological polar surface area (TPSA) is 121 Å². The molecular formula is C29H30Cl2N4O5S. The highest BCUT2D eigenvalue weighted by atomic mass is 35.5. The third kappa shape index (κ3) is 6.22. The lowest BCUT2D eigenvalue weighted by atomic mass is 10.0. The normalized spacial score (nSPS) is 16.6. The van der Waals surface area contributed by atoms with Gasteiger partial charge >= 0.3 is 0 Å². The second-order valence-corrected chi connectivity index (χ2v) is 12.9. The number of morpholine rings is 1. The zero-order chi connectivity index (χ0) is 29.3. The number of halogens is 2. The van der Waals surface area contributed by atoms with Gasteiger partial charge in [-0.1, -0.05) is 29.3 Å². The molecule has 5 rings (SSSR count). The molecule has 0 atom stereocenters. The summed E-state index contributed by atoms with van der Waals surface area (Å²) in [6.45, 7) is 7.94. The number of amides is 2. The number of hydrogen-bond acceptors (Lipinski definition) is 6. The van der Waals surface area contributed by atoms with E-state index >= 15 is 0 Å². The summed E-state index contributed by atoms with van der Waals surface area (Å²) in [4.78, 5) is 31.5. The maximum absolute atomic E-state index is 13.3. The minimum Gasteiger partial charge on any atom is -0.379 e. The number of anilines is 1. The molecule has 2 aliphatic heterocycles. The quantitative estimate of drug-likeness (QED) is 0.321. The Bertz CT molecular complexity index is 1640. The number of ether oxygens (including phenoxy) is 1. The summed E-state index contributed by atoms with van der Waals surface area (Å²) < 4.78 is 32.0. The first-order chi connectivity index (χ1) is 19.5. The van der Waals surface area contributed by atoms with Crippen molar-refractivity contribution in [1.29, 1.82) is 0 Å². The molecule has 0 saturated carbocycles. The second-order valence-electron chi connectivity index (χ2n) is 10.1. The van der Waals surface area contributed by atoms with Crippen molar-refractivity contribution < 1.29 is 22.7 Å². The van der Waals surface area contributed by atoms with Crippen molar-refractivity contribution in [2.45, 2.75) is 24.5 Å². The third-order valence-corrected chi connectivity index (χ3v) is 9.69. The highest BCUT2D eigenvalue weighted by Crippen LogP contribution is 2.37. The number of carbonyl (C=O) groups is 2. The Morgan fingerprint density at radius 1 is 1.12 bits per heavy atom. The number of nitrogens with one attached hydrogen (secondary N) is 3. The molecule has 3 heterocycles. The van der Waals surface area contributed by atoms with Gasteiger partial charge < -0.3 is 20.4 Å². The smallest absolute Gasteiger partial charge is 0.256 e. The van der Waals surface area contributed by atoms with Crippen LogP contribution in [0.15, 0.2) is 41.3 Å². The maximum atomic E-state index is 13.3. The second kappa shape index (κ2) is 12.0. The van der Waals surface area contributed by atoms with Crippen LogP contribution in [0, 0.1) is 13.8 Å². The number of aryl methyl sites for hydroxylation is 1. The zero-order valence-electron chi connectivity index (χ0n) is 22.6. The fourth-order valence-corrected chi connectivity index (χ4v) is 7.21. The van der Waals surface area contributed by atoms with E-state index in [0.29, 0.717) is 59.1 Å². The molecule has 2 amide bonds. The van der Waals surface area contributed by atoms with Crippen LogP contribution in [0.2, 0.25) is 10.0 Å². The molecule has 2 aliphatic rings. The number of carbonyl (C=O) groups excluding carboxylic acids is 2. The lowest BCUT2D eigenvalue weighted by Gasteiger charge is -2.26. The molecule has 12 heteroatoms. The van der Waals surface area contributed by atoms with Gasteiger partial charge in [0.25, 0.3) is 11.8 Å². The molecule has 2 aromatic carbocycles. The van der Waals surface area contributed by atoms with E-state index < -0.39 is 9.84 Å². The van der Waals surface area contributed by atoms with Gasteiger partial charge in [0, 0.05) is 64.4 Å².